The molecule has 1 aliphatic carbocycles. The first-order chi connectivity index (χ1) is 12.6. The third-order valence-corrected chi connectivity index (χ3v) is 5.30. The first-order valence-electron chi connectivity index (χ1n) is 9.75. The lowest BCUT2D eigenvalue weighted by Gasteiger charge is -2.42. The summed E-state index contributed by atoms with van der Waals surface area (Å²) >= 11 is 0. The van der Waals surface area contributed by atoms with Gasteiger partial charge in [0.15, 0.2) is 5.96 Å². The molecule has 0 atom stereocenters. The number of benzene rings is 1. The van der Waals surface area contributed by atoms with E-state index in [1.165, 1.54) is 24.8 Å². The predicted molar refractivity (Wildman–Crippen MR) is 124 cm³/mol. The highest BCUT2D eigenvalue weighted by Crippen LogP contribution is 2.43. The van der Waals surface area contributed by atoms with Crippen LogP contribution in [-0.2, 0) is 4.74 Å². The summed E-state index contributed by atoms with van der Waals surface area (Å²) in [5.41, 5.74) is 1.63. The highest BCUT2D eigenvalue weighted by Gasteiger charge is 2.36. The van der Waals surface area contributed by atoms with E-state index in [1.807, 2.05) is 19.2 Å². The Labute approximate surface area is 181 Å². The van der Waals surface area contributed by atoms with E-state index in [2.05, 4.69) is 41.6 Å². The number of para-hydroxylation sites is 1. The summed E-state index contributed by atoms with van der Waals surface area (Å²) < 4.78 is 11.2. The maximum atomic E-state index is 5.96. The topological polar surface area (TPSA) is 54.9 Å². The molecule has 0 aromatic heterocycles. The third kappa shape index (κ3) is 7.49. The molecule has 2 N–H and O–H groups in total. The molecule has 0 bridgehead atoms. The van der Waals surface area contributed by atoms with Crippen molar-refractivity contribution in [3.8, 4) is 5.75 Å². The number of guanidine groups is 1. The molecule has 1 aromatic rings. The van der Waals surface area contributed by atoms with E-state index in [0.29, 0.717) is 17.9 Å². The van der Waals surface area contributed by atoms with E-state index in [-0.39, 0.29) is 24.0 Å². The van der Waals surface area contributed by atoms with Crippen LogP contribution in [0.25, 0.3) is 0 Å². The van der Waals surface area contributed by atoms with Crippen molar-refractivity contribution in [3.05, 3.63) is 29.8 Å². The molecule has 0 aliphatic heterocycles. The van der Waals surface area contributed by atoms with Gasteiger partial charge in [0.05, 0.1) is 6.54 Å². The monoisotopic (exact) mass is 489 g/mol. The van der Waals surface area contributed by atoms with Crippen molar-refractivity contribution in [2.75, 3.05) is 40.5 Å². The molecule has 0 unspecified atom stereocenters. The van der Waals surface area contributed by atoms with Crippen LogP contribution < -0.4 is 15.4 Å². The number of halogens is 1. The van der Waals surface area contributed by atoms with E-state index in [9.17, 15) is 0 Å². The lowest BCUT2D eigenvalue weighted by atomic mass is 9.67. The van der Waals surface area contributed by atoms with Crippen LogP contribution in [0, 0.1) is 5.41 Å². The maximum absolute atomic E-state index is 5.96. The lowest BCUT2D eigenvalue weighted by molar-refractivity contribution is 0.0732. The summed E-state index contributed by atoms with van der Waals surface area (Å²) in [4.78, 5) is 4.33. The molecule has 1 saturated carbocycles. The van der Waals surface area contributed by atoms with Gasteiger partial charge in [-0.15, -0.1) is 24.0 Å². The van der Waals surface area contributed by atoms with Crippen LogP contribution in [0.15, 0.2) is 29.3 Å². The van der Waals surface area contributed by atoms with Crippen molar-refractivity contribution < 1.29 is 9.47 Å². The fraction of sp³-hybridized carbons (Fsp3) is 0.667. The van der Waals surface area contributed by atoms with Crippen molar-refractivity contribution in [3.63, 3.8) is 0 Å². The van der Waals surface area contributed by atoms with Crippen molar-refractivity contribution in [1.82, 2.24) is 10.6 Å². The van der Waals surface area contributed by atoms with Crippen LogP contribution in [0.1, 0.15) is 51.0 Å². The van der Waals surface area contributed by atoms with Crippen LogP contribution in [0.5, 0.6) is 5.75 Å². The van der Waals surface area contributed by atoms with Crippen LogP contribution in [0.4, 0.5) is 0 Å². The van der Waals surface area contributed by atoms with Crippen LogP contribution in [0.3, 0.4) is 0 Å². The second-order valence-corrected chi connectivity index (χ2v) is 7.49. The average molecular weight is 489 g/mol. The number of hydrogen-bond acceptors (Lipinski definition) is 3. The average Bonchev–Trinajstić information content (AvgIpc) is 2.62. The summed E-state index contributed by atoms with van der Waals surface area (Å²) in [5, 5.41) is 6.83. The third-order valence-electron chi connectivity index (χ3n) is 5.30. The van der Waals surface area contributed by atoms with Crippen molar-refractivity contribution >= 4 is 29.9 Å². The molecule has 0 radical (unpaired) electrons. The summed E-state index contributed by atoms with van der Waals surface area (Å²) in [6.45, 7) is 7.48. The smallest absolute Gasteiger partial charge is 0.191 e. The molecule has 0 saturated heterocycles. The number of rotatable bonds is 10. The predicted octanol–water partition coefficient (Wildman–Crippen LogP) is 4.18. The molecule has 1 fully saturated rings. The van der Waals surface area contributed by atoms with Crippen LogP contribution in [-0.4, -0.2) is 46.4 Å². The minimum atomic E-state index is 0. The van der Waals surface area contributed by atoms with E-state index >= 15 is 0 Å². The molecule has 5 nitrogen and oxygen atoms in total. The molecule has 1 aromatic carbocycles. The zero-order chi connectivity index (χ0) is 18.8. The van der Waals surface area contributed by atoms with Crippen LogP contribution in [0.2, 0.25) is 0 Å². The Morgan fingerprint density at radius 2 is 1.93 bits per heavy atom. The van der Waals surface area contributed by atoms with Crippen molar-refractivity contribution in [2.24, 2.45) is 10.4 Å². The molecule has 2 rings (SSSR count). The summed E-state index contributed by atoms with van der Waals surface area (Å²) in [6, 6.07) is 8.25. The Morgan fingerprint density at radius 1 is 1.19 bits per heavy atom. The maximum Gasteiger partial charge on any atom is 0.191 e. The number of ether oxygens (including phenoxy) is 2. The van der Waals surface area contributed by atoms with E-state index < -0.39 is 0 Å². The highest BCUT2D eigenvalue weighted by atomic mass is 127. The van der Waals surface area contributed by atoms with Gasteiger partial charge < -0.3 is 20.1 Å². The molecule has 0 heterocycles. The normalized spacial score (nSPS) is 15.7. The summed E-state index contributed by atoms with van der Waals surface area (Å²) in [7, 11) is 3.59. The molecule has 0 amide bonds. The van der Waals surface area contributed by atoms with Gasteiger partial charge in [-0.2, -0.15) is 0 Å². The number of hydrogen-bond donors (Lipinski definition) is 2. The van der Waals surface area contributed by atoms with Gasteiger partial charge in [0.1, 0.15) is 12.4 Å². The zero-order valence-electron chi connectivity index (χ0n) is 17.2. The van der Waals surface area contributed by atoms with E-state index in [0.717, 1.165) is 37.8 Å². The standard InChI is InChI=1S/C21H35N3O2.HI/c1-17(2)18-8-5-6-9-19(18)26-15-13-23-20(22-3)24-16-21(10-7-11-21)12-14-25-4;/h5-6,8-9,17H,7,10-16H2,1-4H3,(H2,22,23,24);1H. The van der Waals surface area contributed by atoms with E-state index in [4.69, 9.17) is 9.47 Å². The molecule has 1 aliphatic rings. The van der Waals surface area contributed by atoms with Gasteiger partial charge in [0, 0.05) is 27.3 Å². The number of methoxy groups -OCH3 is 1. The van der Waals surface area contributed by atoms with Gasteiger partial charge in [0.25, 0.3) is 0 Å². The van der Waals surface area contributed by atoms with Gasteiger partial charge in [0.2, 0.25) is 0 Å². The number of nitrogens with one attached hydrogen (secondary N) is 2. The second kappa shape index (κ2) is 12.4. The minimum Gasteiger partial charge on any atom is -0.491 e. The number of nitrogens with zero attached hydrogens (tertiary/aromatic N) is 1. The van der Waals surface area contributed by atoms with Gasteiger partial charge in [-0.25, -0.2) is 0 Å². The molecule has 27 heavy (non-hydrogen) atoms. The van der Waals surface area contributed by atoms with Gasteiger partial charge >= 0.3 is 0 Å². The minimum absolute atomic E-state index is 0. The first-order valence-corrected chi connectivity index (χ1v) is 9.75. The Kier molecular flexibility index (Phi) is 11.1. The zero-order valence-corrected chi connectivity index (χ0v) is 19.5. The SMILES string of the molecule is CN=C(NCCOc1ccccc1C(C)C)NCC1(CCOC)CCC1.I. The Balaban J connectivity index is 0.00000364. The first kappa shape index (κ1) is 24.0. The van der Waals surface area contributed by atoms with Crippen molar-refractivity contribution in [1.29, 1.82) is 0 Å². The highest BCUT2D eigenvalue weighted by molar-refractivity contribution is 14.0. The summed E-state index contributed by atoms with van der Waals surface area (Å²) in [6.07, 6.45) is 4.98. The molecular weight excluding hydrogens is 453 g/mol. The number of aliphatic imine (C=N–C) groups is 1. The fourth-order valence-electron chi connectivity index (χ4n) is 3.42. The van der Waals surface area contributed by atoms with Gasteiger partial charge in [-0.05, 0) is 42.2 Å². The largest absolute Gasteiger partial charge is 0.491 e. The molecule has 0 spiro atoms. The lowest BCUT2D eigenvalue weighted by Crippen LogP contribution is -2.47. The molecule has 6 heteroatoms. The van der Waals surface area contributed by atoms with Gasteiger partial charge in [-0.3, -0.25) is 4.99 Å². The fourth-order valence-corrected chi connectivity index (χ4v) is 3.42. The second-order valence-electron chi connectivity index (χ2n) is 7.49. The Morgan fingerprint density at radius 3 is 2.52 bits per heavy atom. The quantitative estimate of drug-likeness (QED) is 0.224. The van der Waals surface area contributed by atoms with Gasteiger partial charge in [-0.1, -0.05) is 38.5 Å². The van der Waals surface area contributed by atoms with Crippen LogP contribution >= 0.6 is 24.0 Å². The molecular formula is C21H36IN3O2. The van der Waals surface area contributed by atoms with E-state index in [1.54, 1.807) is 7.11 Å². The summed E-state index contributed by atoms with van der Waals surface area (Å²) in [5.74, 6) is 2.27. The Hall–Kier alpha value is -1.02. The van der Waals surface area contributed by atoms with Crippen molar-refractivity contribution in [2.45, 2.75) is 45.4 Å². The Bertz CT molecular complexity index is 574. The molecule has 154 valence electrons.